The van der Waals surface area contributed by atoms with E-state index in [2.05, 4.69) is 5.32 Å². The average molecular weight is 427 g/mol. The van der Waals surface area contributed by atoms with E-state index in [1.807, 2.05) is 48.7 Å². The lowest BCUT2D eigenvalue weighted by atomic mass is 9.97. The molecule has 0 fully saturated rings. The summed E-state index contributed by atoms with van der Waals surface area (Å²) in [5.41, 5.74) is 9.77. The quantitative estimate of drug-likeness (QED) is 0.335. The highest BCUT2D eigenvalue weighted by Crippen LogP contribution is 2.33. The van der Waals surface area contributed by atoms with E-state index in [1.54, 1.807) is 29.5 Å². The summed E-state index contributed by atoms with van der Waals surface area (Å²) >= 11 is 1.63. The van der Waals surface area contributed by atoms with Crippen LogP contribution in [-0.4, -0.2) is 19.2 Å². The highest BCUT2D eigenvalue weighted by molar-refractivity contribution is 7.39. The van der Waals surface area contributed by atoms with Gasteiger partial charge in [0.25, 0.3) is 5.91 Å². The Kier molecular flexibility index (Phi) is 7.15. The minimum absolute atomic E-state index is 0.133. The molecule has 0 spiro atoms. The summed E-state index contributed by atoms with van der Waals surface area (Å²) in [5, 5.41) is 4.92. The number of hydrogen-bond acceptors (Lipinski definition) is 5. The number of nitrogens with two attached hydrogens (primary N) is 1. The summed E-state index contributed by atoms with van der Waals surface area (Å²) in [6.45, 7) is 2.05. The van der Waals surface area contributed by atoms with E-state index in [0.29, 0.717) is 23.1 Å². The predicted octanol–water partition coefficient (Wildman–Crippen LogP) is 6.13. The Hall–Kier alpha value is -2.53. The first-order valence-electron chi connectivity index (χ1n) is 9.35. The van der Waals surface area contributed by atoms with Gasteiger partial charge in [0.2, 0.25) is 0 Å². The summed E-state index contributed by atoms with van der Waals surface area (Å²) in [6, 6.07) is 17.0. The van der Waals surface area contributed by atoms with Gasteiger partial charge in [0, 0.05) is 16.4 Å². The maximum Gasteiger partial charge on any atom is 0.508 e. The third-order valence-electron chi connectivity index (χ3n) is 4.82. The Morgan fingerprint density at radius 2 is 1.97 bits per heavy atom. The third-order valence-corrected chi connectivity index (χ3v) is 6.88. The zero-order valence-electron chi connectivity index (χ0n) is 16.4. The van der Waals surface area contributed by atoms with E-state index in [1.165, 1.54) is 7.11 Å². The minimum atomic E-state index is -1.67. The first-order valence-corrected chi connectivity index (χ1v) is 11.6. The number of amides is 1. The molecule has 0 bridgehead atoms. The van der Waals surface area contributed by atoms with Crippen molar-refractivity contribution in [2.45, 2.75) is 19.3 Å². The molecule has 0 aliphatic carbocycles. The van der Waals surface area contributed by atoms with E-state index >= 15 is 0 Å². The number of benzene rings is 2. The van der Waals surface area contributed by atoms with Gasteiger partial charge in [0.1, 0.15) is 0 Å². The first kappa shape index (κ1) is 21.2. The van der Waals surface area contributed by atoms with Crippen molar-refractivity contribution in [3.05, 3.63) is 71.1 Å². The fraction of sp³-hybridized carbons (Fsp3) is 0.227. The molecular formula is C22H24N2O3PS+. The largest absolute Gasteiger partial charge is 0.508 e. The van der Waals surface area contributed by atoms with Gasteiger partial charge in [0.05, 0.1) is 18.5 Å². The lowest BCUT2D eigenvalue weighted by molar-refractivity contribution is 0.102. The average Bonchev–Trinajstić information content (AvgIpc) is 3.28. The van der Waals surface area contributed by atoms with Gasteiger partial charge in [-0.15, -0.1) is 15.9 Å². The fourth-order valence-electron chi connectivity index (χ4n) is 3.09. The molecular weight excluding hydrogens is 403 g/mol. The van der Waals surface area contributed by atoms with Gasteiger partial charge in [-0.2, -0.15) is 0 Å². The monoisotopic (exact) mass is 427 g/mol. The van der Waals surface area contributed by atoms with Crippen LogP contribution in [0.1, 0.15) is 35.2 Å². The Balaban J connectivity index is 1.74. The summed E-state index contributed by atoms with van der Waals surface area (Å²) in [5.74, 6) is -0.0867. The molecule has 2 aromatic carbocycles. The molecule has 0 radical (unpaired) electrons. The van der Waals surface area contributed by atoms with Gasteiger partial charge in [-0.1, -0.05) is 31.2 Å². The van der Waals surface area contributed by atoms with Crippen LogP contribution < -0.4 is 11.1 Å². The number of thiophene rings is 1. The maximum atomic E-state index is 12.7. The predicted molar refractivity (Wildman–Crippen MR) is 121 cm³/mol. The molecule has 1 heterocycles. The molecule has 7 heteroatoms. The Morgan fingerprint density at radius 3 is 2.59 bits per heavy atom. The molecule has 150 valence electrons. The fourth-order valence-corrected chi connectivity index (χ4v) is 4.79. The van der Waals surface area contributed by atoms with Gasteiger partial charge in [0.15, 0.2) is 6.16 Å². The van der Waals surface area contributed by atoms with E-state index in [-0.39, 0.29) is 11.8 Å². The van der Waals surface area contributed by atoms with Crippen LogP contribution in [0.2, 0.25) is 0 Å². The van der Waals surface area contributed by atoms with Crippen LogP contribution in [-0.2, 0) is 9.09 Å². The van der Waals surface area contributed by atoms with Crippen molar-refractivity contribution in [3.8, 4) is 10.4 Å². The van der Waals surface area contributed by atoms with E-state index in [4.69, 9.17) is 10.3 Å². The molecule has 2 unspecified atom stereocenters. The van der Waals surface area contributed by atoms with Gasteiger partial charge in [-0.05, 0) is 57.8 Å². The Labute approximate surface area is 175 Å². The first-order chi connectivity index (χ1) is 14.0. The molecule has 0 aliphatic rings. The van der Waals surface area contributed by atoms with Crippen molar-refractivity contribution in [2.24, 2.45) is 0 Å². The number of carbonyl (C=O) groups is 1. The minimum Gasteiger partial charge on any atom is -0.397 e. The van der Waals surface area contributed by atoms with Crippen molar-refractivity contribution >= 4 is 36.6 Å². The summed E-state index contributed by atoms with van der Waals surface area (Å²) in [7, 11) is -0.209. The van der Waals surface area contributed by atoms with Gasteiger partial charge < -0.3 is 11.1 Å². The lowest BCUT2D eigenvalue weighted by Crippen LogP contribution is -2.13. The van der Waals surface area contributed by atoms with Crippen LogP contribution in [0.15, 0.2) is 60.0 Å². The highest BCUT2D eigenvalue weighted by atomic mass is 32.1. The molecule has 0 aliphatic heterocycles. The SMILES string of the molecule is CCC(C[P+](=O)OC)c1ccc(C(=O)Nc2cc(-c3cccs3)ccc2N)cc1. The standard InChI is InChI=1S/C22H23N2O3PS/c1-3-15(14-28(26)27-2)16-6-8-17(9-7-16)22(25)24-20-13-18(10-11-19(20)23)21-5-4-12-29-21/h4-13,15H,3,14,23H2,1-2H3/p+1. The summed E-state index contributed by atoms with van der Waals surface area (Å²) in [6.07, 6.45) is 1.32. The van der Waals surface area contributed by atoms with Gasteiger partial charge >= 0.3 is 8.03 Å². The van der Waals surface area contributed by atoms with Crippen molar-refractivity contribution in [1.82, 2.24) is 0 Å². The highest BCUT2D eigenvalue weighted by Gasteiger charge is 2.24. The lowest BCUT2D eigenvalue weighted by Gasteiger charge is -2.12. The molecule has 1 aromatic heterocycles. The number of rotatable bonds is 8. The molecule has 0 saturated heterocycles. The van der Waals surface area contributed by atoms with Crippen LogP contribution in [0, 0.1) is 0 Å². The second kappa shape index (κ2) is 9.79. The Bertz CT molecular complexity index is 988. The topological polar surface area (TPSA) is 81.4 Å². The van der Waals surface area contributed by atoms with Gasteiger partial charge in [-0.25, -0.2) is 0 Å². The number of nitrogen functional groups attached to an aromatic ring is 1. The zero-order chi connectivity index (χ0) is 20.8. The number of hydrogen-bond donors (Lipinski definition) is 2. The smallest absolute Gasteiger partial charge is 0.397 e. The molecule has 0 saturated carbocycles. The van der Waals surface area contributed by atoms with E-state index in [9.17, 15) is 9.36 Å². The molecule has 2 atom stereocenters. The van der Waals surface area contributed by atoms with Gasteiger partial charge in [-0.3, -0.25) is 4.79 Å². The molecule has 3 rings (SSSR count). The van der Waals surface area contributed by atoms with Crippen LogP contribution in [0.4, 0.5) is 11.4 Å². The van der Waals surface area contributed by atoms with Crippen molar-refractivity contribution in [2.75, 3.05) is 24.3 Å². The number of nitrogens with one attached hydrogen (secondary N) is 1. The van der Waals surface area contributed by atoms with Crippen molar-refractivity contribution in [3.63, 3.8) is 0 Å². The second-order valence-electron chi connectivity index (χ2n) is 6.66. The second-order valence-corrected chi connectivity index (χ2v) is 9.00. The molecule has 1 amide bonds. The van der Waals surface area contributed by atoms with Crippen LogP contribution in [0.3, 0.4) is 0 Å². The molecule has 3 N–H and O–H groups in total. The van der Waals surface area contributed by atoms with Crippen molar-refractivity contribution < 1.29 is 13.9 Å². The third kappa shape index (κ3) is 5.30. The van der Waals surface area contributed by atoms with Crippen LogP contribution in [0.25, 0.3) is 10.4 Å². The maximum absolute atomic E-state index is 12.7. The molecule has 29 heavy (non-hydrogen) atoms. The molecule has 5 nitrogen and oxygen atoms in total. The van der Waals surface area contributed by atoms with Crippen LogP contribution in [0.5, 0.6) is 0 Å². The normalized spacial score (nSPS) is 12.4. The summed E-state index contributed by atoms with van der Waals surface area (Å²) < 4.78 is 16.6. The van der Waals surface area contributed by atoms with Crippen molar-refractivity contribution in [1.29, 1.82) is 0 Å². The molecule has 3 aromatic rings. The summed E-state index contributed by atoms with van der Waals surface area (Å²) in [4.78, 5) is 13.8. The number of anilines is 2. The Morgan fingerprint density at radius 1 is 1.21 bits per heavy atom. The van der Waals surface area contributed by atoms with E-state index < -0.39 is 8.03 Å². The number of carbonyl (C=O) groups excluding carboxylic acids is 1. The van der Waals surface area contributed by atoms with E-state index in [0.717, 1.165) is 22.4 Å². The van der Waals surface area contributed by atoms with Crippen LogP contribution >= 0.6 is 19.4 Å². The zero-order valence-corrected chi connectivity index (χ0v) is 18.1.